The molecule has 148 valence electrons. The summed E-state index contributed by atoms with van der Waals surface area (Å²) < 4.78 is 18.0. The second-order valence-corrected chi connectivity index (χ2v) is 6.81. The maximum Gasteiger partial charge on any atom is 0.251 e. The number of rotatable bonds is 6. The van der Waals surface area contributed by atoms with Crippen LogP contribution >= 0.6 is 0 Å². The fraction of sp³-hybridized carbons (Fsp3) is 0.333. The van der Waals surface area contributed by atoms with Crippen molar-refractivity contribution in [2.45, 2.75) is 18.9 Å². The van der Waals surface area contributed by atoms with Gasteiger partial charge in [-0.25, -0.2) is 4.39 Å². The minimum Gasteiger partial charge on any atom is -0.497 e. The highest BCUT2D eigenvalue weighted by atomic mass is 19.1. The summed E-state index contributed by atoms with van der Waals surface area (Å²) in [6, 6.07) is 12.8. The van der Waals surface area contributed by atoms with Gasteiger partial charge in [0, 0.05) is 30.4 Å². The van der Waals surface area contributed by atoms with Gasteiger partial charge in [-0.1, -0.05) is 0 Å². The molecule has 1 aliphatic rings. The summed E-state index contributed by atoms with van der Waals surface area (Å²) in [6.07, 6.45) is 1.57. The highest BCUT2D eigenvalue weighted by molar-refractivity contribution is 5.94. The third-order valence-corrected chi connectivity index (χ3v) is 4.77. The van der Waals surface area contributed by atoms with Crippen LogP contribution < -0.4 is 15.4 Å². The number of ether oxygens (including phenoxy) is 1. The number of carbonyl (C=O) groups is 2. The molecule has 1 saturated heterocycles. The maximum atomic E-state index is 12.9. The molecular formula is C21H24FN3O3. The largest absolute Gasteiger partial charge is 0.497 e. The number of anilines is 1. The molecule has 0 unspecified atom stereocenters. The van der Waals surface area contributed by atoms with E-state index < -0.39 is 0 Å². The average Bonchev–Trinajstić information content (AvgIpc) is 2.71. The number of piperidine rings is 1. The van der Waals surface area contributed by atoms with E-state index in [-0.39, 0.29) is 30.2 Å². The van der Waals surface area contributed by atoms with Gasteiger partial charge in [-0.15, -0.1) is 0 Å². The number of halogens is 1. The lowest BCUT2D eigenvalue weighted by molar-refractivity contribution is -0.117. The first-order valence-corrected chi connectivity index (χ1v) is 9.26. The zero-order valence-corrected chi connectivity index (χ0v) is 15.8. The van der Waals surface area contributed by atoms with Gasteiger partial charge in [0.15, 0.2) is 0 Å². The van der Waals surface area contributed by atoms with Gasteiger partial charge in [-0.05, 0) is 61.4 Å². The molecule has 2 aromatic carbocycles. The van der Waals surface area contributed by atoms with Crippen molar-refractivity contribution >= 4 is 17.5 Å². The van der Waals surface area contributed by atoms with Crippen LogP contribution in [0.4, 0.5) is 10.1 Å². The van der Waals surface area contributed by atoms with Crippen LogP contribution in [0.2, 0.25) is 0 Å². The van der Waals surface area contributed by atoms with E-state index in [2.05, 4.69) is 15.5 Å². The van der Waals surface area contributed by atoms with E-state index in [4.69, 9.17) is 4.74 Å². The molecule has 0 aliphatic carbocycles. The molecular weight excluding hydrogens is 361 g/mol. The highest BCUT2D eigenvalue weighted by Crippen LogP contribution is 2.14. The maximum absolute atomic E-state index is 12.9. The molecule has 0 bridgehead atoms. The van der Waals surface area contributed by atoms with Crippen molar-refractivity contribution in [1.29, 1.82) is 0 Å². The van der Waals surface area contributed by atoms with Gasteiger partial charge in [-0.3, -0.25) is 14.5 Å². The standard InChI is InChI=1S/C21H24FN3O3/c1-28-19-8-2-15(3-9-19)21(27)24-18-10-12-25(13-11-18)14-20(26)23-17-6-4-16(22)5-7-17/h2-9,18H,10-14H2,1H3,(H,23,26)(H,24,27). The van der Waals surface area contributed by atoms with Gasteiger partial charge in [0.2, 0.25) is 5.91 Å². The van der Waals surface area contributed by atoms with E-state index in [1.807, 2.05) is 0 Å². The van der Waals surface area contributed by atoms with E-state index in [1.54, 1.807) is 31.4 Å². The Kier molecular flexibility index (Phi) is 6.60. The molecule has 1 fully saturated rings. The minimum absolute atomic E-state index is 0.0889. The predicted octanol–water partition coefficient (Wildman–Crippen LogP) is 2.67. The molecule has 0 spiro atoms. The molecule has 0 radical (unpaired) electrons. The van der Waals surface area contributed by atoms with Gasteiger partial charge in [0.25, 0.3) is 5.91 Å². The van der Waals surface area contributed by atoms with Crippen molar-refractivity contribution in [2.75, 3.05) is 32.1 Å². The van der Waals surface area contributed by atoms with Crippen molar-refractivity contribution in [2.24, 2.45) is 0 Å². The number of likely N-dealkylation sites (tertiary alicyclic amines) is 1. The fourth-order valence-corrected chi connectivity index (χ4v) is 3.18. The normalized spacial score (nSPS) is 15.1. The van der Waals surface area contributed by atoms with E-state index in [1.165, 1.54) is 24.3 Å². The molecule has 2 amide bonds. The third-order valence-electron chi connectivity index (χ3n) is 4.77. The predicted molar refractivity (Wildman–Crippen MR) is 105 cm³/mol. The first kappa shape index (κ1) is 19.8. The lowest BCUT2D eigenvalue weighted by Gasteiger charge is -2.31. The van der Waals surface area contributed by atoms with Crippen molar-refractivity contribution in [1.82, 2.24) is 10.2 Å². The molecule has 1 aliphatic heterocycles. The number of benzene rings is 2. The zero-order valence-electron chi connectivity index (χ0n) is 15.8. The van der Waals surface area contributed by atoms with Crippen LogP contribution in [-0.4, -0.2) is 49.5 Å². The molecule has 1 heterocycles. The monoisotopic (exact) mass is 385 g/mol. The number of methoxy groups -OCH3 is 1. The quantitative estimate of drug-likeness (QED) is 0.802. The van der Waals surface area contributed by atoms with Crippen LogP contribution in [0.15, 0.2) is 48.5 Å². The lowest BCUT2D eigenvalue weighted by atomic mass is 10.0. The summed E-state index contributed by atoms with van der Waals surface area (Å²) in [5, 5.41) is 5.81. The summed E-state index contributed by atoms with van der Waals surface area (Å²) in [4.78, 5) is 26.5. The lowest BCUT2D eigenvalue weighted by Crippen LogP contribution is -2.46. The highest BCUT2D eigenvalue weighted by Gasteiger charge is 2.22. The Bertz CT molecular complexity index is 801. The number of nitrogens with zero attached hydrogens (tertiary/aromatic N) is 1. The third kappa shape index (κ3) is 5.53. The molecule has 0 saturated carbocycles. The Labute approximate surface area is 163 Å². The van der Waals surface area contributed by atoms with Crippen molar-refractivity contribution in [3.63, 3.8) is 0 Å². The van der Waals surface area contributed by atoms with Gasteiger partial charge < -0.3 is 15.4 Å². The van der Waals surface area contributed by atoms with Crippen LogP contribution in [0.5, 0.6) is 5.75 Å². The summed E-state index contributed by atoms with van der Waals surface area (Å²) in [5.41, 5.74) is 1.18. The average molecular weight is 385 g/mol. The Balaban J connectivity index is 1.41. The molecule has 0 aromatic heterocycles. The van der Waals surface area contributed by atoms with Crippen molar-refractivity contribution < 1.29 is 18.7 Å². The number of amides is 2. The molecule has 2 N–H and O–H groups in total. The van der Waals surface area contributed by atoms with E-state index >= 15 is 0 Å². The van der Waals surface area contributed by atoms with Crippen LogP contribution in [0.25, 0.3) is 0 Å². The summed E-state index contributed by atoms with van der Waals surface area (Å²) in [7, 11) is 1.59. The van der Waals surface area contributed by atoms with Gasteiger partial charge in [0.05, 0.1) is 13.7 Å². The Morgan fingerprint density at radius 1 is 1.07 bits per heavy atom. The number of carbonyl (C=O) groups excluding carboxylic acids is 2. The molecule has 3 rings (SSSR count). The smallest absolute Gasteiger partial charge is 0.251 e. The van der Waals surface area contributed by atoms with E-state index in [9.17, 15) is 14.0 Å². The van der Waals surface area contributed by atoms with Gasteiger partial charge >= 0.3 is 0 Å². The van der Waals surface area contributed by atoms with E-state index in [0.717, 1.165) is 25.9 Å². The van der Waals surface area contributed by atoms with Crippen LogP contribution in [-0.2, 0) is 4.79 Å². The van der Waals surface area contributed by atoms with Crippen LogP contribution in [0.3, 0.4) is 0 Å². The topological polar surface area (TPSA) is 70.7 Å². The molecule has 6 nitrogen and oxygen atoms in total. The van der Waals surface area contributed by atoms with E-state index in [0.29, 0.717) is 17.0 Å². The second kappa shape index (κ2) is 9.32. The zero-order chi connectivity index (χ0) is 19.9. The minimum atomic E-state index is -0.336. The SMILES string of the molecule is COc1ccc(C(=O)NC2CCN(CC(=O)Nc3ccc(F)cc3)CC2)cc1. The number of nitrogens with one attached hydrogen (secondary N) is 2. The van der Waals surface area contributed by atoms with Gasteiger partial charge in [0.1, 0.15) is 11.6 Å². The summed E-state index contributed by atoms with van der Waals surface area (Å²) >= 11 is 0. The van der Waals surface area contributed by atoms with Crippen molar-refractivity contribution in [3.8, 4) is 5.75 Å². The Hall–Kier alpha value is -2.93. The molecule has 28 heavy (non-hydrogen) atoms. The Morgan fingerprint density at radius 3 is 2.32 bits per heavy atom. The van der Waals surface area contributed by atoms with Crippen LogP contribution in [0.1, 0.15) is 23.2 Å². The molecule has 2 aromatic rings. The fourth-order valence-electron chi connectivity index (χ4n) is 3.18. The first-order valence-electron chi connectivity index (χ1n) is 9.26. The first-order chi connectivity index (χ1) is 13.5. The van der Waals surface area contributed by atoms with Crippen LogP contribution in [0, 0.1) is 5.82 Å². The number of hydrogen-bond donors (Lipinski definition) is 2. The second-order valence-electron chi connectivity index (χ2n) is 6.81. The van der Waals surface area contributed by atoms with Gasteiger partial charge in [-0.2, -0.15) is 0 Å². The number of hydrogen-bond acceptors (Lipinski definition) is 4. The summed E-state index contributed by atoms with van der Waals surface area (Å²) in [6.45, 7) is 1.73. The molecule has 0 atom stereocenters. The van der Waals surface area contributed by atoms with Crippen molar-refractivity contribution in [3.05, 3.63) is 59.9 Å². The summed E-state index contributed by atoms with van der Waals surface area (Å²) in [5.74, 6) is 0.142. The molecule has 7 heteroatoms. The Morgan fingerprint density at radius 2 is 1.71 bits per heavy atom.